The van der Waals surface area contributed by atoms with Crippen molar-refractivity contribution in [2.45, 2.75) is 38.1 Å². The van der Waals surface area contributed by atoms with Gasteiger partial charge in [-0.05, 0) is 32.0 Å². The molecule has 0 bridgehead atoms. The predicted molar refractivity (Wildman–Crippen MR) is 77.4 cm³/mol. The van der Waals surface area contributed by atoms with E-state index in [-0.39, 0.29) is 0 Å². The highest BCUT2D eigenvalue weighted by Crippen LogP contribution is 2.22. The molecular weight excluding hydrogens is 226 g/mol. The van der Waals surface area contributed by atoms with E-state index >= 15 is 0 Å². The molecule has 92 valence electrons. The molecule has 1 nitrogen and oxygen atoms in total. The van der Waals surface area contributed by atoms with E-state index in [0.29, 0.717) is 6.04 Å². The first-order valence-electron chi connectivity index (χ1n) is 6.09. The monoisotopic (exact) mass is 247 g/mol. The zero-order chi connectivity index (χ0) is 12.5. The molecule has 0 spiro atoms. The molecule has 0 aliphatic carbocycles. The summed E-state index contributed by atoms with van der Waals surface area (Å²) in [6, 6.07) is 9.02. The van der Waals surface area contributed by atoms with E-state index in [2.05, 4.69) is 55.3 Å². The predicted octanol–water partition coefficient (Wildman–Crippen LogP) is 3.48. The standard InChI is InChI=1S/C15H21NS/c1-4-6-10-14(16-5-2)12-17-15-11-8-7-9-13(15)3/h7-9,11,14,16H,5,10,12H2,1-3H3. The van der Waals surface area contributed by atoms with E-state index in [0.717, 1.165) is 18.7 Å². The zero-order valence-corrected chi connectivity index (χ0v) is 11.7. The fourth-order valence-corrected chi connectivity index (χ4v) is 2.70. The van der Waals surface area contributed by atoms with Crippen molar-refractivity contribution in [2.24, 2.45) is 0 Å². The number of nitrogens with one attached hydrogen (secondary N) is 1. The summed E-state index contributed by atoms with van der Waals surface area (Å²) < 4.78 is 0. The maximum Gasteiger partial charge on any atom is 0.0271 e. The van der Waals surface area contributed by atoms with Gasteiger partial charge >= 0.3 is 0 Å². The van der Waals surface area contributed by atoms with E-state index in [9.17, 15) is 0 Å². The molecule has 0 amide bonds. The van der Waals surface area contributed by atoms with Crippen LogP contribution < -0.4 is 5.32 Å². The molecule has 1 N–H and O–H groups in total. The molecule has 1 aromatic carbocycles. The molecule has 1 atom stereocenters. The van der Waals surface area contributed by atoms with Crippen molar-refractivity contribution in [1.29, 1.82) is 0 Å². The summed E-state index contributed by atoms with van der Waals surface area (Å²) in [5.41, 5.74) is 1.36. The Morgan fingerprint density at radius 2 is 2.12 bits per heavy atom. The van der Waals surface area contributed by atoms with E-state index < -0.39 is 0 Å². The lowest BCUT2D eigenvalue weighted by Crippen LogP contribution is -2.30. The van der Waals surface area contributed by atoms with Crippen LogP contribution in [0.4, 0.5) is 0 Å². The van der Waals surface area contributed by atoms with Gasteiger partial charge in [-0.3, -0.25) is 0 Å². The highest BCUT2D eigenvalue weighted by molar-refractivity contribution is 7.99. The summed E-state index contributed by atoms with van der Waals surface area (Å²) >= 11 is 1.92. The largest absolute Gasteiger partial charge is 0.312 e. The Balaban J connectivity index is 2.50. The van der Waals surface area contributed by atoms with Crippen molar-refractivity contribution in [2.75, 3.05) is 12.3 Å². The lowest BCUT2D eigenvalue weighted by atomic mass is 10.2. The third-order valence-electron chi connectivity index (χ3n) is 2.55. The van der Waals surface area contributed by atoms with Crippen LogP contribution in [0, 0.1) is 18.8 Å². The Morgan fingerprint density at radius 3 is 2.76 bits per heavy atom. The van der Waals surface area contributed by atoms with Crippen molar-refractivity contribution in [1.82, 2.24) is 5.32 Å². The normalized spacial score (nSPS) is 11.7. The second kappa shape index (κ2) is 8.22. The minimum atomic E-state index is 0.483. The Labute approximate surface area is 109 Å². The van der Waals surface area contributed by atoms with Crippen LogP contribution in [0.25, 0.3) is 0 Å². The molecule has 1 unspecified atom stereocenters. The van der Waals surface area contributed by atoms with Crippen LogP contribution in [0.3, 0.4) is 0 Å². The first kappa shape index (κ1) is 14.2. The Bertz CT molecular complexity index is 389. The number of hydrogen-bond donors (Lipinski definition) is 1. The van der Waals surface area contributed by atoms with Crippen LogP contribution in [0.2, 0.25) is 0 Å². The molecule has 2 heteroatoms. The fourth-order valence-electron chi connectivity index (χ4n) is 1.61. The molecule has 1 rings (SSSR count). The van der Waals surface area contributed by atoms with Gasteiger partial charge in [0.05, 0.1) is 0 Å². The minimum Gasteiger partial charge on any atom is -0.312 e. The van der Waals surface area contributed by atoms with Crippen molar-refractivity contribution in [3.63, 3.8) is 0 Å². The van der Waals surface area contributed by atoms with Gasteiger partial charge in [-0.15, -0.1) is 23.6 Å². The van der Waals surface area contributed by atoms with Crippen LogP contribution in [0.1, 0.15) is 25.8 Å². The molecule has 0 fully saturated rings. The molecule has 17 heavy (non-hydrogen) atoms. The molecule has 0 aromatic heterocycles. The molecule has 0 aliphatic rings. The van der Waals surface area contributed by atoms with Gasteiger partial charge in [0.1, 0.15) is 0 Å². The van der Waals surface area contributed by atoms with Gasteiger partial charge in [0, 0.05) is 23.1 Å². The van der Waals surface area contributed by atoms with Gasteiger partial charge in [0.2, 0.25) is 0 Å². The third-order valence-corrected chi connectivity index (χ3v) is 3.89. The smallest absolute Gasteiger partial charge is 0.0271 e. The topological polar surface area (TPSA) is 12.0 Å². The van der Waals surface area contributed by atoms with Gasteiger partial charge in [-0.25, -0.2) is 0 Å². The Kier molecular flexibility index (Phi) is 6.84. The summed E-state index contributed by atoms with van der Waals surface area (Å²) in [6.45, 7) is 7.21. The van der Waals surface area contributed by atoms with Crippen molar-refractivity contribution in [3.8, 4) is 11.8 Å². The van der Waals surface area contributed by atoms with Crippen LogP contribution >= 0.6 is 11.8 Å². The average molecular weight is 247 g/mol. The van der Waals surface area contributed by atoms with Gasteiger partial charge in [0.15, 0.2) is 0 Å². The maximum absolute atomic E-state index is 3.48. The van der Waals surface area contributed by atoms with Crippen LogP contribution in [0.15, 0.2) is 29.2 Å². The molecular formula is C15H21NS. The molecule has 0 radical (unpaired) electrons. The van der Waals surface area contributed by atoms with E-state index in [4.69, 9.17) is 0 Å². The summed E-state index contributed by atoms with van der Waals surface area (Å²) in [6.07, 6.45) is 0.934. The molecule has 0 saturated heterocycles. The van der Waals surface area contributed by atoms with E-state index in [1.807, 2.05) is 18.7 Å². The maximum atomic E-state index is 3.48. The van der Waals surface area contributed by atoms with Crippen molar-refractivity contribution in [3.05, 3.63) is 29.8 Å². The summed E-state index contributed by atoms with van der Waals surface area (Å²) in [4.78, 5) is 1.37. The average Bonchev–Trinajstić information content (AvgIpc) is 2.34. The second-order valence-electron chi connectivity index (χ2n) is 3.96. The highest BCUT2D eigenvalue weighted by Gasteiger charge is 2.07. The van der Waals surface area contributed by atoms with Crippen LogP contribution in [-0.4, -0.2) is 18.3 Å². The lowest BCUT2D eigenvalue weighted by Gasteiger charge is -2.15. The minimum absolute atomic E-state index is 0.483. The fraction of sp³-hybridized carbons (Fsp3) is 0.467. The first-order valence-corrected chi connectivity index (χ1v) is 7.08. The third kappa shape index (κ3) is 5.30. The number of rotatable bonds is 6. The van der Waals surface area contributed by atoms with Crippen molar-refractivity contribution < 1.29 is 0 Å². The van der Waals surface area contributed by atoms with Crippen molar-refractivity contribution >= 4 is 11.8 Å². The summed E-state index contributed by atoms with van der Waals surface area (Å²) in [5, 5.41) is 3.48. The lowest BCUT2D eigenvalue weighted by molar-refractivity contribution is 0.588. The van der Waals surface area contributed by atoms with E-state index in [1.54, 1.807) is 0 Å². The van der Waals surface area contributed by atoms with Gasteiger partial charge in [-0.1, -0.05) is 25.1 Å². The number of thioether (sulfide) groups is 1. The quantitative estimate of drug-likeness (QED) is 0.610. The molecule has 0 aliphatic heterocycles. The van der Waals surface area contributed by atoms with E-state index in [1.165, 1.54) is 10.5 Å². The van der Waals surface area contributed by atoms with Crippen LogP contribution in [0.5, 0.6) is 0 Å². The highest BCUT2D eigenvalue weighted by atomic mass is 32.2. The zero-order valence-electron chi connectivity index (χ0n) is 10.9. The number of benzene rings is 1. The summed E-state index contributed by atoms with van der Waals surface area (Å²) in [7, 11) is 0. The van der Waals surface area contributed by atoms with Gasteiger partial charge in [-0.2, -0.15) is 0 Å². The first-order chi connectivity index (χ1) is 8.27. The SMILES string of the molecule is CC#CCC(CSc1ccccc1C)NCC. The van der Waals surface area contributed by atoms with Crippen LogP contribution in [-0.2, 0) is 0 Å². The molecule has 0 heterocycles. The Hall–Kier alpha value is -0.910. The molecule has 1 aromatic rings. The number of hydrogen-bond acceptors (Lipinski definition) is 2. The Morgan fingerprint density at radius 1 is 1.35 bits per heavy atom. The van der Waals surface area contributed by atoms with Gasteiger partial charge in [0.25, 0.3) is 0 Å². The number of aryl methyl sites for hydroxylation is 1. The second-order valence-corrected chi connectivity index (χ2v) is 5.02. The summed E-state index contributed by atoms with van der Waals surface area (Å²) in [5.74, 6) is 7.20. The molecule has 0 saturated carbocycles. The van der Waals surface area contributed by atoms with Gasteiger partial charge < -0.3 is 5.32 Å².